The van der Waals surface area contributed by atoms with E-state index in [1.165, 1.54) is 0 Å². The van der Waals surface area contributed by atoms with Crippen LogP contribution in [0.15, 0.2) is 18.2 Å². The molecule has 1 aliphatic rings. The Morgan fingerprint density at radius 2 is 1.92 bits per heavy atom. The summed E-state index contributed by atoms with van der Waals surface area (Å²) in [6.45, 7) is 1.12. The van der Waals surface area contributed by atoms with Crippen LogP contribution in [0.25, 0.3) is 0 Å². The standard InChI is InChI=1S/C9H7IO3/c10-9(11)6-1-2-7-8(5-6)13-4-3-12-7/h1-2,5H,3-4H2. The molecule has 1 aromatic rings. The van der Waals surface area contributed by atoms with Gasteiger partial charge in [0.2, 0.25) is 3.79 Å². The molecular weight excluding hydrogens is 283 g/mol. The summed E-state index contributed by atoms with van der Waals surface area (Å²) in [5.74, 6) is 1.38. The van der Waals surface area contributed by atoms with Crippen molar-refractivity contribution in [3.05, 3.63) is 23.8 Å². The third-order valence-corrected chi connectivity index (χ3v) is 2.39. The molecule has 3 nitrogen and oxygen atoms in total. The fourth-order valence-corrected chi connectivity index (χ4v) is 1.50. The summed E-state index contributed by atoms with van der Waals surface area (Å²) in [7, 11) is 0. The predicted octanol–water partition coefficient (Wildman–Crippen LogP) is 2.03. The monoisotopic (exact) mass is 290 g/mol. The van der Waals surface area contributed by atoms with Gasteiger partial charge in [-0.1, -0.05) is 0 Å². The highest BCUT2D eigenvalue weighted by molar-refractivity contribution is 14.1. The van der Waals surface area contributed by atoms with Crippen molar-refractivity contribution in [2.45, 2.75) is 0 Å². The van der Waals surface area contributed by atoms with Crippen LogP contribution in [0.5, 0.6) is 11.5 Å². The minimum atomic E-state index is 0.00886. The second kappa shape index (κ2) is 3.53. The summed E-state index contributed by atoms with van der Waals surface area (Å²) in [6, 6.07) is 5.21. The van der Waals surface area contributed by atoms with Crippen LogP contribution in [-0.4, -0.2) is 17.0 Å². The zero-order chi connectivity index (χ0) is 9.26. The highest BCUT2D eigenvalue weighted by Crippen LogP contribution is 2.31. The smallest absolute Gasteiger partial charge is 0.222 e. The van der Waals surface area contributed by atoms with Gasteiger partial charge in [0.1, 0.15) is 13.2 Å². The van der Waals surface area contributed by atoms with Gasteiger partial charge in [0, 0.05) is 28.2 Å². The Balaban J connectivity index is 2.40. The van der Waals surface area contributed by atoms with Crippen molar-refractivity contribution < 1.29 is 14.3 Å². The van der Waals surface area contributed by atoms with Crippen LogP contribution in [0.4, 0.5) is 0 Å². The largest absolute Gasteiger partial charge is 0.486 e. The molecule has 0 saturated carbocycles. The van der Waals surface area contributed by atoms with Gasteiger partial charge in [0.25, 0.3) is 0 Å². The first kappa shape index (κ1) is 8.80. The van der Waals surface area contributed by atoms with E-state index in [4.69, 9.17) is 9.47 Å². The van der Waals surface area contributed by atoms with E-state index in [2.05, 4.69) is 0 Å². The van der Waals surface area contributed by atoms with Crippen LogP contribution in [0, 0.1) is 0 Å². The Hall–Kier alpha value is -0.780. The lowest BCUT2D eigenvalue weighted by Gasteiger charge is -2.18. The van der Waals surface area contributed by atoms with E-state index in [1.807, 2.05) is 0 Å². The molecular formula is C9H7IO3. The molecule has 1 aliphatic heterocycles. The Morgan fingerprint density at radius 3 is 2.62 bits per heavy atom. The molecule has 4 heteroatoms. The van der Waals surface area contributed by atoms with Gasteiger partial charge in [0.05, 0.1) is 0 Å². The fraction of sp³-hybridized carbons (Fsp3) is 0.222. The van der Waals surface area contributed by atoms with Crippen LogP contribution < -0.4 is 9.47 Å². The number of benzene rings is 1. The second-order valence-corrected chi connectivity index (χ2v) is 3.61. The van der Waals surface area contributed by atoms with Crippen LogP contribution in [0.2, 0.25) is 0 Å². The molecule has 2 rings (SSSR count). The molecule has 0 N–H and O–H groups in total. The van der Waals surface area contributed by atoms with Gasteiger partial charge in [-0.25, -0.2) is 0 Å². The summed E-state index contributed by atoms with van der Waals surface area (Å²) in [4.78, 5) is 11.0. The molecule has 0 bridgehead atoms. The molecule has 0 spiro atoms. The van der Waals surface area contributed by atoms with Crippen molar-refractivity contribution in [3.63, 3.8) is 0 Å². The zero-order valence-electron chi connectivity index (χ0n) is 6.75. The maximum atomic E-state index is 11.0. The molecule has 1 aromatic carbocycles. The summed E-state index contributed by atoms with van der Waals surface area (Å²) in [5, 5.41) is 0. The summed E-state index contributed by atoms with van der Waals surface area (Å²) >= 11 is 1.75. The number of carbonyl (C=O) groups is 1. The third-order valence-electron chi connectivity index (χ3n) is 1.77. The first-order valence-electron chi connectivity index (χ1n) is 3.87. The van der Waals surface area contributed by atoms with Crippen LogP contribution in [-0.2, 0) is 0 Å². The van der Waals surface area contributed by atoms with Gasteiger partial charge in [-0.05, 0) is 18.2 Å². The maximum absolute atomic E-state index is 11.0. The highest BCUT2D eigenvalue weighted by atomic mass is 127. The van der Waals surface area contributed by atoms with E-state index in [0.717, 1.165) is 0 Å². The molecule has 0 aliphatic carbocycles. The predicted molar refractivity (Wildman–Crippen MR) is 55.8 cm³/mol. The Morgan fingerprint density at radius 1 is 1.23 bits per heavy atom. The first-order chi connectivity index (χ1) is 6.27. The number of hydrogen-bond acceptors (Lipinski definition) is 3. The average molecular weight is 290 g/mol. The van der Waals surface area contributed by atoms with Gasteiger partial charge >= 0.3 is 0 Å². The van der Waals surface area contributed by atoms with Crippen LogP contribution >= 0.6 is 22.6 Å². The number of rotatable bonds is 1. The third kappa shape index (κ3) is 1.77. The van der Waals surface area contributed by atoms with E-state index >= 15 is 0 Å². The van der Waals surface area contributed by atoms with E-state index in [-0.39, 0.29) is 3.79 Å². The van der Waals surface area contributed by atoms with E-state index in [9.17, 15) is 4.79 Å². The molecule has 0 aromatic heterocycles. The van der Waals surface area contributed by atoms with Gasteiger partial charge < -0.3 is 9.47 Å². The molecule has 0 unspecified atom stereocenters. The van der Waals surface area contributed by atoms with Crippen molar-refractivity contribution in [2.24, 2.45) is 0 Å². The number of ether oxygens (including phenoxy) is 2. The first-order valence-corrected chi connectivity index (χ1v) is 4.95. The molecule has 0 amide bonds. The Bertz CT molecular complexity index is 349. The summed E-state index contributed by atoms with van der Waals surface area (Å²) < 4.78 is 10.7. The van der Waals surface area contributed by atoms with Gasteiger partial charge in [-0.2, -0.15) is 0 Å². The topological polar surface area (TPSA) is 35.5 Å². The lowest BCUT2D eigenvalue weighted by atomic mass is 10.2. The van der Waals surface area contributed by atoms with Crippen LogP contribution in [0.1, 0.15) is 10.4 Å². The van der Waals surface area contributed by atoms with Gasteiger partial charge in [0.15, 0.2) is 11.5 Å². The van der Waals surface area contributed by atoms with E-state index in [0.29, 0.717) is 30.3 Å². The van der Waals surface area contributed by atoms with Crippen molar-refractivity contribution in [1.29, 1.82) is 0 Å². The lowest BCUT2D eigenvalue weighted by Crippen LogP contribution is -2.15. The van der Waals surface area contributed by atoms with Crippen molar-refractivity contribution in [2.75, 3.05) is 13.2 Å². The number of hydrogen-bond donors (Lipinski definition) is 0. The molecule has 0 atom stereocenters. The van der Waals surface area contributed by atoms with E-state index < -0.39 is 0 Å². The summed E-state index contributed by atoms with van der Waals surface area (Å²) in [5.41, 5.74) is 0.643. The lowest BCUT2D eigenvalue weighted by molar-refractivity contribution is 0.110. The maximum Gasteiger partial charge on any atom is 0.222 e. The van der Waals surface area contributed by atoms with Gasteiger partial charge in [-0.15, -0.1) is 0 Å². The molecule has 0 saturated heterocycles. The Kier molecular flexibility index (Phi) is 2.39. The molecule has 68 valence electrons. The number of carbonyl (C=O) groups excluding carboxylic acids is 1. The van der Waals surface area contributed by atoms with Gasteiger partial charge in [-0.3, -0.25) is 4.79 Å². The average Bonchev–Trinajstić information content (AvgIpc) is 2.17. The highest BCUT2D eigenvalue weighted by Gasteiger charge is 2.13. The quantitative estimate of drug-likeness (QED) is 0.586. The number of fused-ring (bicyclic) bond motifs is 1. The molecule has 13 heavy (non-hydrogen) atoms. The SMILES string of the molecule is O=C(I)c1ccc2c(c1)OCCO2. The zero-order valence-corrected chi connectivity index (χ0v) is 8.91. The fourth-order valence-electron chi connectivity index (χ4n) is 1.17. The minimum Gasteiger partial charge on any atom is -0.486 e. The number of halogens is 1. The van der Waals surface area contributed by atoms with Crippen LogP contribution in [0.3, 0.4) is 0 Å². The van der Waals surface area contributed by atoms with Crippen molar-refractivity contribution >= 4 is 26.4 Å². The van der Waals surface area contributed by atoms with E-state index in [1.54, 1.807) is 40.8 Å². The normalized spacial score (nSPS) is 13.9. The molecule has 1 heterocycles. The minimum absolute atomic E-state index is 0.00886. The van der Waals surface area contributed by atoms with Crippen molar-refractivity contribution in [1.82, 2.24) is 0 Å². The molecule has 0 radical (unpaired) electrons. The molecule has 0 fully saturated rings. The second-order valence-electron chi connectivity index (χ2n) is 2.63. The summed E-state index contributed by atoms with van der Waals surface area (Å²) in [6.07, 6.45) is 0. The van der Waals surface area contributed by atoms with Crippen molar-refractivity contribution in [3.8, 4) is 11.5 Å². The Labute approximate surface area is 89.2 Å².